The zero-order valence-corrected chi connectivity index (χ0v) is 20.5. The van der Waals surface area contributed by atoms with Gasteiger partial charge >= 0.3 is 0 Å². The minimum absolute atomic E-state index is 0.123. The van der Waals surface area contributed by atoms with Gasteiger partial charge in [-0.2, -0.15) is 0 Å². The fraction of sp³-hybridized carbons (Fsp3) is 0.133. The fourth-order valence-corrected chi connectivity index (χ4v) is 4.51. The highest BCUT2D eigenvalue weighted by Crippen LogP contribution is 2.35. The van der Waals surface area contributed by atoms with E-state index in [1.165, 1.54) is 19.2 Å². The average molecular weight is 507 g/mol. The van der Waals surface area contributed by atoms with Crippen molar-refractivity contribution in [3.8, 4) is 22.6 Å². The second-order valence-corrected chi connectivity index (χ2v) is 9.11. The van der Waals surface area contributed by atoms with Crippen LogP contribution < -0.4 is 10.2 Å². The van der Waals surface area contributed by atoms with E-state index in [4.69, 9.17) is 9.40 Å². The molecule has 0 aliphatic heterocycles. The smallest absolute Gasteiger partial charge is 0.259 e. The Kier molecular flexibility index (Phi) is 5.92. The summed E-state index contributed by atoms with van der Waals surface area (Å²) in [5.41, 5.74) is 3.46. The number of rotatable bonds is 6. The van der Waals surface area contributed by atoms with Crippen molar-refractivity contribution in [3.05, 3.63) is 102 Å². The lowest BCUT2D eigenvalue weighted by atomic mass is 10.0. The van der Waals surface area contributed by atoms with Gasteiger partial charge in [-0.25, -0.2) is 14.4 Å². The van der Waals surface area contributed by atoms with E-state index in [9.17, 15) is 14.0 Å². The van der Waals surface area contributed by atoms with Gasteiger partial charge in [-0.1, -0.05) is 18.2 Å². The highest BCUT2D eigenvalue weighted by molar-refractivity contribution is 6.10. The van der Waals surface area contributed by atoms with Crippen LogP contribution in [0.4, 0.5) is 10.2 Å². The van der Waals surface area contributed by atoms with Crippen LogP contribution >= 0.6 is 0 Å². The Hall–Kier alpha value is -4.85. The summed E-state index contributed by atoms with van der Waals surface area (Å²) < 4.78 is 19.5. The van der Waals surface area contributed by atoms with Crippen molar-refractivity contribution in [3.63, 3.8) is 0 Å². The third kappa shape index (κ3) is 4.30. The largest absolute Gasteiger partial charge is 0.454 e. The Labute approximate surface area is 218 Å². The number of hydrogen-bond acceptors (Lipinski definition) is 5. The Bertz CT molecular complexity index is 1660. The van der Waals surface area contributed by atoms with Crippen LogP contribution in [0.15, 0.2) is 89.5 Å². The SMILES string of the molecule is CNC(=O)c1c(-c2ccc(F)cc2)oc2ccc(-c3cccc(C(=O)N(c4ccccn4)C4CC4)c3)nc12. The molecule has 2 amide bonds. The monoisotopic (exact) mass is 506 g/mol. The van der Waals surface area contributed by atoms with Crippen LogP contribution in [0.3, 0.4) is 0 Å². The lowest BCUT2D eigenvalue weighted by Gasteiger charge is -2.21. The summed E-state index contributed by atoms with van der Waals surface area (Å²) in [5, 5.41) is 2.64. The number of hydrogen-bond donors (Lipinski definition) is 1. The summed E-state index contributed by atoms with van der Waals surface area (Å²) in [4.78, 5) is 37.3. The van der Waals surface area contributed by atoms with E-state index in [2.05, 4.69) is 10.3 Å². The number of fused-ring (bicyclic) bond motifs is 1. The number of carbonyl (C=O) groups excluding carboxylic acids is 2. The Morgan fingerprint density at radius 1 is 0.974 bits per heavy atom. The van der Waals surface area contributed by atoms with E-state index < -0.39 is 0 Å². The number of nitrogens with zero attached hydrogens (tertiary/aromatic N) is 3. The molecule has 3 aromatic heterocycles. The molecule has 1 aliphatic rings. The Morgan fingerprint density at radius 3 is 2.50 bits per heavy atom. The maximum absolute atomic E-state index is 13.6. The van der Waals surface area contributed by atoms with Crippen LogP contribution in [0.5, 0.6) is 0 Å². The summed E-state index contributed by atoms with van der Waals surface area (Å²) >= 11 is 0. The maximum Gasteiger partial charge on any atom is 0.259 e. The maximum atomic E-state index is 13.6. The minimum atomic E-state index is -0.385. The first-order chi connectivity index (χ1) is 18.5. The van der Waals surface area contributed by atoms with Gasteiger partial charge in [0, 0.05) is 36.0 Å². The summed E-state index contributed by atoms with van der Waals surface area (Å²) in [5.74, 6) is 0.0638. The third-order valence-corrected chi connectivity index (χ3v) is 6.53. The molecule has 7 nitrogen and oxygen atoms in total. The summed E-state index contributed by atoms with van der Waals surface area (Å²) in [6, 6.07) is 22.2. The predicted octanol–water partition coefficient (Wildman–Crippen LogP) is 5.86. The van der Waals surface area contributed by atoms with Gasteiger partial charge in [0.15, 0.2) is 5.58 Å². The molecular formula is C30H23FN4O3. The van der Waals surface area contributed by atoms with Crippen molar-refractivity contribution in [1.29, 1.82) is 0 Å². The van der Waals surface area contributed by atoms with Gasteiger partial charge in [0.05, 0.1) is 5.69 Å². The third-order valence-electron chi connectivity index (χ3n) is 6.53. The molecule has 0 atom stereocenters. The zero-order chi connectivity index (χ0) is 26.2. The number of furan rings is 1. The van der Waals surface area contributed by atoms with E-state index in [0.717, 1.165) is 18.4 Å². The van der Waals surface area contributed by atoms with E-state index in [-0.39, 0.29) is 29.2 Å². The fourth-order valence-electron chi connectivity index (χ4n) is 4.51. The highest BCUT2D eigenvalue weighted by atomic mass is 19.1. The van der Waals surface area contributed by atoms with Crippen molar-refractivity contribution >= 4 is 28.7 Å². The first-order valence-electron chi connectivity index (χ1n) is 12.3. The lowest BCUT2D eigenvalue weighted by Crippen LogP contribution is -2.33. The first-order valence-corrected chi connectivity index (χ1v) is 12.3. The lowest BCUT2D eigenvalue weighted by molar-refractivity contribution is 0.0961. The van der Waals surface area contributed by atoms with Gasteiger partial charge in [0.2, 0.25) is 0 Å². The van der Waals surface area contributed by atoms with Crippen molar-refractivity contribution in [2.75, 3.05) is 11.9 Å². The van der Waals surface area contributed by atoms with Crippen LogP contribution in [-0.4, -0.2) is 34.9 Å². The molecule has 0 spiro atoms. The standard InChI is InChI=1S/C30H23FN4O3/c1-32-29(36)26-27-24(38-28(26)18-8-10-21(31)11-9-18)15-14-23(34-27)19-5-4-6-20(17-19)30(37)35(22-12-13-22)25-7-2-3-16-33-25/h2-11,14-17,22H,12-13H2,1H3,(H,32,36). The number of halogens is 1. The van der Waals surface area contributed by atoms with Crippen molar-refractivity contribution < 1.29 is 18.4 Å². The molecule has 6 rings (SSSR count). The molecule has 0 bridgehead atoms. The van der Waals surface area contributed by atoms with E-state index in [1.807, 2.05) is 30.3 Å². The molecule has 0 radical (unpaired) electrons. The molecule has 1 saturated carbocycles. The quantitative estimate of drug-likeness (QED) is 0.311. The molecule has 1 fully saturated rings. The van der Waals surface area contributed by atoms with Crippen LogP contribution in [0.25, 0.3) is 33.7 Å². The summed E-state index contributed by atoms with van der Waals surface area (Å²) in [6.45, 7) is 0. The molecule has 1 N–H and O–H groups in total. The van der Waals surface area contributed by atoms with Crippen molar-refractivity contribution in [2.24, 2.45) is 0 Å². The van der Waals surface area contributed by atoms with Crippen LogP contribution in [-0.2, 0) is 0 Å². The zero-order valence-electron chi connectivity index (χ0n) is 20.5. The number of pyridine rings is 2. The van der Waals surface area contributed by atoms with Crippen molar-refractivity contribution in [2.45, 2.75) is 18.9 Å². The molecule has 0 saturated heterocycles. The van der Waals surface area contributed by atoms with Gasteiger partial charge < -0.3 is 9.73 Å². The van der Waals surface area contributed by atoms with Gasteiger partial charge in [-0.05, 0) is 73.5 Å². The topological polar surface area (TPSA) is 88.3 Å². The van der Waals surface area contributed by atoms with Crippen LogP contribution in [0, 0.1) is 5.82 Å². The molecule has 5 aromatic rings. The Morgan fingerprint density at radius 2 is 1.79 bits per heavy atom. The second-order valence-electron chi connectivity index (χ2n) is 9.11. The number of amides is 2. The molecule has 1 aliphatic carbocycles. The van der Waals surface area contributed by atoms with Gasteiger partial charge in [0.25, 0.3) is 11.8 Å². The first kappa shape index (κ1) is 23.5. The number of aromatic nitrogens is 2. The molecule has 38 heavy (non-hydrogen) atoms. The van der Waals surface area contributed by atoms with Gasteiger partial charge in [-0.15, -0.1) is 0 Å². The molecule has 0 unspecified atom stereocenters. The van der Waals surface area contributed by atoms with E-state index in [1.54, 1.807) is 47.5 Å². The summed E-state index contributed by atoms with van der Waals surface area (Å²) in [7, 11) is 1.53. The van der Waals surface area contributed by atoms with Crippen LogP contribution in [0.1, 0.15) is 33.6 Å². The number of anilines is 1. The minimum Gasteiger partial charge on any atom is -0.454 e. The number of carbonyl (C=O) groups is 2. The summed E-state index contributed by atoms with van der Waals surface area (Å²) in [6.07, 6.45) is 3.57. The average Bonchev–Trinajstić information content (AvgIpc) is 3.72. The normalized spacial score (nSPS) is 12.9. The molecule has 3 heterocycles. The van der Waals surface area contributed by atoms with Gasteiger partial charge in [-0.3, -0.25) is 14.5 Å². The number of nitrogens with one attached hydrogen (secondary N) is 1. The number of benzene rings is 2. The van der Waals surface area contributed by atoms with E-state index in [0.29, 0.717) is 39.5 Å². The molecular weight excluding hydrogens is 483 g/mol. The van der Waals surface area contributed by atoms with E-state index >= 15 is 0 Å². The molecule has 2 aromatic carbocycles. The Balaban J connectivity index is 1.41. The molecule has 188 valence electrons. The highest BCUT2D eigenvalue weighted by Gasteiger charge is 2.35. The van der Waals surface area contributed by atoms with Gasteiger partial charge in [0.1, 0.15) is 28.5 Å². The molecule has 8 heteroatoms. The predicted molar refractivity (Wildman–Crippen MR) is 142 cm³/mol. The second kappa shape index (κ2) is 9.55. The van der Waals surface area contributed by atoms with Crippen LogP contribution in [0.2, 0.25) is 0 Å². The van der Waals surface area contributed by atoms with Crippen molar-refractivity contribution in [1.82, 2.24) is 15.3 Å².